The van der Waals surface area contributed by atoms with Crippen LogP contribution in [0.25, 0.3) is 66.4 Å². The predicted molar refractivity (Wildman–Crippen MR) is 226 cm³/mol. The highest BCUT2D eigenvalue weighted by molar-refractivity contribution is 6.01. The van der Waals surface area contributed by atoms with Crippen LogP contribution in [0.15, 0.2) is 212 Å². The van der Waals surface area contributed by atoms with E-state index in [4.69, 9.17) is 30.8 Å². The topological polar surface area (TPSA) is 12.5 Å². The zero-order chi connectivity index (χ0) is 65.4. The monoisotopic (exact) mass is 723 g/mol. The molecule has 254 valence electrons. The van der Waals surface area contributed by atoms with E-state index in [1.54, 1.807) is 0 Å². The zero-order valence-electron chi connectivity index (χ0n) is 60.9. The summed E-state index contributed by atoms with van der Waals surface area (Å²) in [7, 11) is 0. The van der Waals surface area contributed by atoms with Crippen molar-refractivity contribution in [1.29, 1.82) is 0 Å². The standard InChI is InChI=1S/C52H35NO/c1-4-12-36(13-5-1)39-20-25-44(26-21-39)53(45-27-22-40(23-28-45)37-14-6-2-7-15-37)46-29-30-47-48-32-41-18-10-11-19-42(41)33-49(48)50-34-43(38-16-8-3-9-17-38)24-31-51(50)54-52(47)35-46/h1-35H/i1D,2D,3D,4D,5D,6D,7D,8D,9D,10D,11D,12D,13D,14D,15D,16D,17D,18D,19D,20D,21D,22D,23D,24D,25D,26D,27D,29D,30D,31D,32D,33D,34D,35D. The molecule has 0 saturated carbocycles. The smallest absolute Gasteiger partial charge is 0.137 e. The van der Waals surface area contributed by atoms with Crippen molar-refractivity contribution in [2.75, 3.05) is 4.90 Å². The van der Waals surface area contributed by atoms with Gasteiger partial charge in [-0.15, -0.1) is 0 Å². The lowest BCUT2D eigenvalue weighted by atomic mass is 9.90. The maximum Gasteiger partial charge on any atom is 0.137 e. The Morgan fingerprint density at radius 2 is 0.796 bits per heavy atom. The van der Waals surface area contributed by atoms with Gasteiger partial charge < -0.3 is 9.64 Å². The minimum absolute atomic E-state index is 0.388. The van der Waals surface area contributed by atoms with Gasteiger partial charge in [-0.2, -0.15) is 0 Å². The molecule has 10 rings (SSSR count). The number of anilines is 3. The highest BCUT2D eigenvalue weighted by Crippen LogP contribution is 2.51. The van der Waals surface area contributed by atoms with Gasteiger partial charge in [0, 0.05) is 34.2 Å². The van der Waals surface area contributed by atoms with E-state index < -0.39 is 300 Å². The molecule has 0 saturated heterocycles. The molecule has 0 spiro atoms. The molecule has 0 fully saturated rings. The largest absolute Gasteiger partial charge is 0.456 e. The van der Waals surface area contributed by atoms with Crippen molar-refractivity contribution in [3.63, 3.8) is 0 Å². The molecule has 2 nitrogen and oxygen atoms in total. The van der Waals surface area contributed by atoms with Gasteiger partial charge in [0.05, 0.1) is 46.6 Å². The molecule has 0 unspecified atom stereocenters. The Labute approximate surface area is 363 Å². The van der Waals surface area contributed by atoms with Crippen molar-refractivity contribution < 1.29 is 51.3 Å². The van der Waals surface area contributed by atoms with Crippen molar-refractivity contribution in [1.82, 2.24) is 0 Å². The van der Waals surface area contributed by atoms with Gasteiger partial charge >= 0.3 is 0 Å². The Morgan fingerprint density at radius 3 is 1.43 bits per heavy atom. The molecule has 9 aromatic rings. The summed E-state index contributed by atoms with van der Waals surface area (Å²) in [6.45, 7) is 0. The fraction of sp³-hybridized carbons (Fsp3) is 0. The van der Waals surface area contributed by atoms with Crippen LogP contribution >= 0.6 is 0 Å². The van der Waals surface area contributed by atoms with Crippen LogP contribution in [0.2, 0.25) is 0 Å². The molecule has 0 atom stereocenters. The van der Waals surface area contributed by atoms with Gasteiger partial charge in [-0.1, -0.05) is 145 Å². The number of nitrogens with zero attached hydrogens (tertiary/aromatic N) is 1. The highest BCUT2D eigenvalue weighted by Gasteiger charge is 2.24. The number of fused-ring (bicyclic) bond motifs is 6. The zero-order valence-corrected chi connectivity index (χ0v) is 26.9. The van der Waals surface area contributed by atoms with E-state index in [0.717, 1.165) is 0 Å². The first-order chi connectivity index (χ1) is 40.9. The van der Waals surface area contributed by atoms with E-state index in [-0.39, 0.29) is 0 Å². The molecular formula is C52H35NO. The van der Waals surface area contributed by atoms with Gasteiger partial charge in [-0.3, -0.25) is 0 Å². The number of ether oxygens (including phenoxy) is 1. The summed E-state index contributed by atoms with van der Waals surface area (Å²) in [5.41, 5.74) is -11.8. The first-order valence-electron chi connectivity index (χ1n) is 32.7. The average molecular weight is 724 g/mol. The van der Waals surface area contributed by atoms with Crippen LogP contribution in [0.3, 0.4) is 0 Å². The number of hydrogen-bond acceptors (Lipinski definition) is 2. The van der Waals surface area contributed by atoms with Crippen LogP contribution in [-0.2, 0) is 0 Å². The summed E-state index contributed by atoms with van der Waals surface area (Å²) in [5.74, 6) is -2.16. The summed E-state index contributed by atoms with van der Waals surface area (Å²) in [6.07, 6.45) is 0. The molecule has 0 N–H and O–H groups in total. The summed E-state index contributed by atoms with van der Waals surface area (Å²) in [4.78, 5) is 0.388. The summed E-state index contributed by atoms with van der Waals surface area (Å²) in [6, 6.07) is -34.9. The van der Waals surface area contributed by atoms with Gasteiger partial charge in [-0.05, 0) is 116 Å². The highest BCUT2D eigenvalue weighted by atomic mass is 16.5. The Hall–Kier alpha value is -7.16. The fourth-order valence-corrected chi connectivity index (χ4v) is 5.48. The lowest BCUT2D eigenvalue weighted by Gasteiger charge is -2.27. The molecule has 2 heteroatoms. The maximum atomic E-state index is 10.1. The van der Waals surface area contributed by atoms with Crippen LogP contribution in [0, 0.1) is 0 Å². The third kappa shape index (κ3) is 5.81. The van der Waals surface area contributed by atoms with Crippen LogP contribution in [0.5, 0.6) is 11.5 Å². The van der Waals surface area contributed by atoms with Crippen molar-refractivity contribution in [3.8, 4) is 67.1 Å². The van der Waals surface area contributed by atoms with Gasteiger partial charge in [0.15, 0.2) is 0 Å². The molecular weight excluding hydrogens is 655 g/mol. The molecule has 1 aliphatic rings. The molecule has 0 amide bonds. The average Bonchev–Trinajstić information content (AvgIpc) is 1.31. The van der Waals surface area contributed by atoms with E-state index in [0.29, 0.717) is 11.0 Å². The molecule has 9 aromatic carbocycles. The lowest BCUT2D eigenvalue weighted by molar-refractivity contribution is 0.488. The van der Waals surface area contributed by atoms with Crippen molar-refractivity contribution >= 4 is 27.8 Å². The van der Waals surface area contributed by atoms with Crippen LogP contribution < -0.4 is 9.64 Å². The van der Waals surface area contributed by atoms with Gasteiger partial charge in [-0.25, -0.2) is 0 Å². The summed E-state index contributed by atoms with van der Waals surface area (Å²) in [5, 5.41) is -1.46. The lowest BCUT2D eigenvalue weighted by Crippen LogP contribution is -2.10. The summed E-state index contributed by atoms with van der Waals surface area (Å²) < 4.78 is 312. The Balaban J connectivity index is 1.42. The van der Waals surface area contributed by atoms with E-state index >= 15 is 0 Å². The van der Waals surface area contributed by atoms with E-state index in [9.17, 15) is 20.6 Å². The Kier molecular flexibility index (Phi) is 3.03. The van der Waals surface area contributed by atoms with E-state index in [1.807, 2.05) is 0 Å². The quantitative estimate of drug-likeness (QED) is 0.169. The first-order valence-corrected chi connectivity index (χ1v) is 15.7. The van der Waals surface area contributed by atoms with Gasteiger partial charge in [0.1, 0.15) is 11.5 Å². The van der Waals surface area contributed by atoms with Crippen molar-refractivity contribution in [2.45, 2.75) is 0 Å². The molecule has 1 aliphatic heterocycles. The molecule has 0 bridgehead atoms. The van der Waals surface area contributed by atoms with Crippen molar-refractivity contribution in [2.24, 2.45) is 0 Å². The second-order valence-electron chi connectivity index (χ2n) is 11.1. The predicted octanol–water partition coefficient (Wildman–Crippen LogP) is 14.8. The summed E-state index contributed by atoms with van der Waals surface area (Å²) >= 11 is 0. The molecule has 54 heavy (non-hydrogen) atoms. The third-order valence-corrected chi connectivity index (χ3v) is 7.90. The Bertz CT molecular complexity index is 4650. The maximum absolute atomic E-state index is 10.1. The van der Waals surface area contributed by atoms with Gasteiger partial charge in [0.2, 0.25) is 0 Å². The van der Waals surface area contributed by atoms with Crippen LogP contribution in [-0.4, -0.2) is 0 Å². The molecule has 0 radical (unpaired) electrons. The minimum Gasteiger partial charge on any atom is -0.456 e. The fourth-order valence-electron chi connectivity index (χ4n) is 5.48. The number of rotatable bonds is 6. The normalized spacial score (nSPS) is 20.3. The van der Waals surface area contributed by atoms with Crippen LogP contribution in [0.1, 0.15) is 46.6 Å². The van der Waals surface area contributed by atoms with Crippen molar-refractivity contribution in [3.05, 3.63) is 212 Å². The SMILES string of the molecule is [2H]c1cc(N(c2c([2H])c([2H])c(-c3c([2H])c([2H])c([2H])c([2H])c3[2H])c([2H])c2[2H])c2c([2H])c([2H])c3c(c2[2H])Oc2c([2H])c([2H])c(-c4c([2H])c([2H])c([2H])c([2H])c4[2H])c([2H])c2-c2c-3c([2H])c3c([2H])c([2H])c([2H])c([2H])c3c2[2H])c([2H])c([2H])c1-c1c([2H])c([2H])c([2H])c([2H])c1[2H]. The molecule has 0 aromatic heterocycles. The molecule has 1 heterocycles. The van der Waals surface area contributed by atoms with E-state index in [2.05, 4.69) is 0 Å². The number of benzene rings is 9. The second-order valence-corrected chi connectivity index (χ2v) is 11.1. The number of hydrogen-bond donors (Lipinski definition) is 0. The van der Waals surface area contributed by atoms with Crippen LogP contribution in [0.4, 0.5) is 17.1 Å². The minimum atomic E-state index is -1.30. The Morgan fingerprint density at radius 1 is 0.315 bits per heavy atom. The third-order valence-electron chi connectivity index (χ3n) is 7.90. The first kappa shape index (κ1) is 12.2. The second kappa shape index (κ2) is 13.4. The van der Waals surface area contributed by atoms with E-state index in [1.165, 1.54) is 0 Å². The molecule has 0 aliphatic carbocycles. The van der Waals surface area contributed by atoms with Gasteiger partial charge in [0.25, 0.3) is 0 Å².